The number of likely N-dealkylation sites (tertiary alicyclic amines) is 1. The third kappa shape index (κ3) is 2.84. The largest absolute Gasteiger partial charge is 0.391 e. The lowest BCUT2D eigenvalue weighted by Crippen LogP contribution is -2.46. The van der Waals surface area contributed by atoms with E-state index in [1.165, 1.54) is 0 Å². The summed E-state index contributed by atoms with van der Waals surface area (Å²) in [4.78, 5) is 14.6. The van der Waals surface area contributed by atoms with Crippen molar-refractivity contribution in [2.24, 2.45) is 5.92 Å². The molecule has 5 heteroatoms. The van der Waals surface area contributed by atoms with E-state index in [9.17, 15) is 9.90 Å². The Hall–Kier alpha value is -1.36. The number of aromatic nitrogens is 2. The van der Waals surface area contributed by atoms with Crippen LogP contribution in [0.1, 0.15) is 61.5 Å². The van der Waals surface area contributed by atoms with E-state index in [4.69, 9.17) is 0 Å². The van der Waals surface area contributed by atoms with Gasteiger partial charge in [0, 0.05) is 25.6 Å². The molecule has 1 aliphatic carbocycles. The van der Waals surface area contributed by atoms with E-state index in [1.54, 1.807) is 11.1 Å². The average molecular weight is 291 g/mol. The minimum absolute atomic E-state index is 0.0465. The van der Waals surface area contributed by atoms with E-state index in [1.807, 2.05) is 11.6 Å². The van der Waals surface area contributed by atoms with Crippen molar-refractivity contribution in [2.75, 3.05) is 13.1 Å². The Morgan fingerprint density at radius 2 is 2.19 bits per heavy atom. The van der Waals surface area contributed by atoms with E-state index in [0.717, 1.165) is 50.0 Å². The molecule has 0 bridgehead atoms. The van der Waals surface area contributed by atoms with Crippen molar-refractivity contribution in [1.29, 1.82) is 0 Å². The van der Waals surface area contributed by atoms with Gasteiger partial charge in [0.2, 0.25) is 0 Å². The first-order valence-electron chi connectivity index (χ1n) is 8.14. The quantitative estimate of drug-likeness (QED) is 0.923. The molecule has 2 heterocycles. The Kier molecular flexibility index (Phi) is 4.02. The van der Waals surface area contributed by atoms with Crippen LogP contribution in [0.25, 0.3) is 0 Å². The van der Waals surface area contributed by atoms with Crippen molar-refractivity contribution in [1.82, 2.24) is 14.7 Å². The summed E-state index contributed by atoms with van der Waals surface area (Å²) in [7, 11) is 0. The molecule has 1 aliphatic heterocycles. The normalized spacial score (nSPS) is 26.1. The number of β-amino-alcohol motifs (C(OH)–C–C–N with tert-alkyl or cyclic N) is 1. The number of carbonyl (C=O) groups excluding carboxylic acids is 1. The summed E-state index contributed by atoms with van der Waals surface area (Å²) >= 11 is 0. The number of piperidine rings is 1. The molecule has 0 spiro atoms. The number of aliphatic hydroxyl groups is 1. The van der Waals surface area contributed by atoms with Gasteiger partial charge < -0.3 is 10.0 Å². The van der Waals surface area contributed by atoms with Gasteiger partial charge in [-0.1, -0.05) is 13.8 Å². The predicted octanol–water partition coefficient (Wildman–Crippen LogP) is 2.01. The fourth-order valence-corrected chi connectivity index (χ4v) is 3.14. The van der Waals surface area contributed by atoms with Crippen LogP contribution in [0.2, 0.25) is 0 Å². The van der Waals surface area contributed by atoms with Gasteiger partial charge in [-0.2, -0.15) is 5.10 Å². The summed E-state index contributed by atoms with van der Waals surface area (Å²) in [5, 5.41) is 14.4. The van der Waals surface area contributed by atoms with E-state index in [0.29, 0.717) is 12.5 Å². The lowest BCUT2D eigenvalue weighted by molar-refractivity contribution is 0.0248. The van der Waals surface area contributed by atoms with Crippen molar-refractivity contribution in [2.45, 2.75) is 58.1 Å². The van der Waals surface area contributed by atoms with Crippen LogP contribution in [0.5, 0.6) is 0 Å². The van der Waals surface area contributed by atoms with Crippen LogP contribution in [0.15, 0.2) is 6.20 Å². The molecule has 2 unspecified atom stereocenters. The van der Waals surface area contributed by atoms with Crippen LogP contribution in [0.3, 0.4) is 0 Å². The molecule has 5 nitrogen and oxygen atoms in total. The maximum atomic E-state index is 12.8. The second-order valence-electron chi connectivity index (χ2n) is 6.53. The van der Waals surface area contributed by atoms with Crippen molar-refractivity contribution in [3.8, 4) is 0 Å². The smallest absolute Gasteiger partial charge is 0.257 e. The molecule has 1 aromatic heterocycles. The fourth-order valence-electron chi connectivity index (χ4n) is 3.14. The van der Waals surface area contributed by atoms with Crippen molar-refractivity contribution in [3.05, 3.63) is 17.5 Å². The zero-order valence-electron chi connectivity index (χ0n) is 13.0. The second kappa shape index (κ2) is 5.79. The second-order valence-corrected chi connectivity index (χ2v) is 6.53. The van der Waals surface area contributed by atoms with Gasteiger partial charge in [-0.3, -0.25) is 9.48 Å². The summed E-state index contributed by atoms with van der Waals surface area (Å²) in [6, 6.07) is 0. The summed E-state index contributed by atoms with van der Waals surface area (Å²) in [6.07, 6.45) is 5.54. The highest BCUT2D eigenvalue weighted by atomic mass is 16.3. The molecule has 0 aromatic carbocycles. The molecule has 1 saturated carbocycles. The number of aliphatic hydroxyl groups excluding tert-OH is 1. The van der Waals surface area contributed by atoms with Crippen molar-refractivity contribution >= 4 is 5.91 Å². The molecule has 2 aliphatic rings. The van der Waals surface area contributed by atoms with Gasteiger partial charge in [0.25, 0.3) is 5.91 Å². The molecule has 116 valence electrons. The van der Waals surface area contributed by atoms with Gasteiger partial charge in [0.1, 0.15) is 0 Å². The standard InChI is InChI=1S/C16H25N3O2/c1-3-7-19-15(12-4-5-12)13(9-17-19)16(21)18-8-6-11(2)14(20)10-18/h9,11-12,14,20H,3-8,10H2,1-2H3. The van der Waals surface area contributed by atoms with Crippen LogP contribution in [0, 0.1) is 5.92 Å². The zero-order chi connectivity index (χ0) is 15.0. The van der Waals surface area contributed by atoms with Crippen LogP contribution in [-0.4, -0.2) is 44.9 Å². The first-order chi connectivity index (χ1) is 10.1. The van der Waals surface area contributed by atoms with Crippen LogP contribution in [0.4, 0.5) is 0 Å². The summed E-state index contributed by atoms with van der Waals surface area (Å²) in [5.41, 5.74) is 1.88. The number of carbonyl (C=O) groups is 1. The molecular formula is C16H25N3O2. The Morgan fingerprint density at radius 3 is 2.81 bits per heavy atom. The van der Waals surface area contributed by atoms with Gasteiger partial charge in [-0.25, -0.2) is 0 Å². The lowest BCUT2D eigenvalue weighted by atomic mass is 9.95. The molecule has 1 saturated heterocycles. The lowest BCUT2D eigenvalue weighted by Gasteiger charge is -2.34. The van der Waals surface area contributed by atoms with E-state index >= 15 is 0 Å². The van der Waals surface area contributed by atoms with Gasteiger partial charge in [0.05, 0.1) is 23.6 Å². The van der Waals surface area contributed by atoms with Crippen molar-refractivity contribution < 1.29 is 9.90 Å². The number of nitrogens with zero attached hydrogens (tertiary/aromatic N) is 3. The van der Waals surface area contributed by atoms with E-state index in [-0.39, 0.29) is 11.8 Å². The van der Waals surface area contributed by atoms with Gasteiger partial charge in [0.15, 0.2) is 0 Å². The van der Waals surface area contributed by atoms with Gasteiger partial charge >= 0.3 is 0 Å². The minimum atomic E-state index is -0.405. The SMILES string of the molecule is CCCn1ncc(C(=O)N2CCC(C)C(O)C2)c1C1CC1. The molecule has 3 rings (SSSR count). The zero-order valence-corrected chi connectivity index (χ0v) is 13.0. The first kappa shape index (κ1) is 14.6. The fraction of sp³-hybridized carbons (Fsp3) is 0.750. The topological polar surface area (TPSA) is 58.4 Å². The number of aryl methyl sites for hydroxylation is 1. The summed E-state index contributed by atoms with van der Waals surface area (Å²) in [6.45, 7) is 6.23. The molecule has 1 amide bonds. The number of hydrogen-bond acceptors (Lipinski definition) is 3. The maximum Gasteiger partial charge on any atom is 0.257 e. The highest BCUT2D eigenvalue weighted by Crippen LogP contribution is 2.42. The minimum Gasteiger partial charge on any atom is -0.391 e. The van der Waals surface area contributed by atoms with Crippen LogP contribution >= 0.6 is 0 Å². The third-order valence-electron chi connectivity index (χ3n) is 4.72. The predicted molar refractivity (Wildman–Crippen MR) is 80.2 cm³/mol. The highest BCUT2D eigenvalue weighted by Gasteiger charge is 2.35. The summed E-state index contributed by atoms with van der Waals surface area (Å²) < 4.78 is 2.01. The Bertz CT molecular complexity index is 522. The number of amides is 1. The Labute approximate surface area is 125 Å². The first-order valence-corrected chi connectivity index (χ1v) is 8.14. The third-order valence-corrected chi connectivity index (χ3v) is 4.72. The molecule has 0 radical (unpaired) electrons. The van der Waals surface area contributed by atoms with Crippen LogP contribution in [-0.2, 0) is 6.54 Å². The molecule has 1 aromatic rings. The molecule has 21 heavy (non-hydrogen) atoms. The monoisotopic (exact) mass is 291 g/mol. The molecule has 2 atom stereocenters. The molecule has 2 fully saturated rings. The number of hydrogen-bond donors (Lipinski definition) is 1. The van der Waals surface area contributed by atoms with Gasteiger partial charge in [-0.05, 0) is 31.6 Å². The Morgan fingerprint density at radius 1 is 1.43 bits per heavy atom. The Balaban J connectivity index is 1.81. The van der Waals surface area contributed by atoms with E-state index in [2.05, 4.69) is 12.0 Å². The summed E-state index contributed by atoms with van der Waals surface area (Å²) in [5.74, 6) is 0.830. The van der Waals surface area contributed by atoms with E-state index < -0.39 is 6.10 Å². The maximum absolute atomic E-state index is 12.8. The molecular weight excluding hydrogens is 266 g/mol. The molecule has 1 N–H and O–H groups in total. The average Bonchev–Trinajstić information content (AvgIpc) is 3.23. The number of rotatable bonds is 4. The van der Waals surface area contributed by atoms with Gasteiger partial charge in [-0.15, -0.1) is 0 Å². The highest BCUT2D eigenvalue weighted by molar-refractivity contribution is 5.95. The van der Waals surface area contributed by atoms with Crippen molar-refractivity contribution in [3.63, 3.8) is 0 Å². The van der Waals surface area contributed by atoms with Crippen LogP contribution < -0.4 is 0 Å².